The number of benzene rings is 1. The standard InChI is InChI=1S/C17H22N2O3/c1-17(2)13-9-19(10-14(13)17)15(20)6-7-22-12-5-3-4-11(8-12)16(18)21/h3-5,8,13-14H,6-7,9-10H2,1-2H3,(H2,18,21)/t13-,14-/m0/s1. The molecule has 0 radical (unpaired) electrons. The third kappa shape index (κ3) is 2.67. The van der Waals surface area contributed by atoms with Gasteiger partial charge in [-0.25, -0.2) is 0 Å². The van der Waals surface area contributed by atoms with E-state index in [0.717, 1.165) is 13.1 Å². The van der Waals surface area contributed by atoms with Gasteiger partial charge in [-0.1, -0.05) is 19.9 Å². The molecule has 5 heteroatoms. The van der Waals surface area contributed by atoms with Crippen LogP contribution in [-0.4, -0.2) is 36.4 Å². The minimum Gasteiger partial charge on any atom is -0.493 e. The molecule has 1 aliphatic heterocycles. The summed E-state index contributed by atoms with van der Waals surface area (Å²) in [5, 5.41) is 0. The third-order valence-electron chi connectivity index (χ3n) is 5.18. The van der Waals surface area contributed by atoms with E-state index in [4.69, 9.17) is 10.5 Å². The lowest BCUT2D eigenvalue weighted by molar-refractivity contribution is -0.131. The molecule has 2 amide bonds. The number of nitrogens with zero attached hydrogens (tertiary/aromatic N) is 1. The third-order valence-corrected chi connectivity index (χ3v) is 5.18. The van der Waals surface area contributed by atoms with Gasteiger partial charge in [0.1, 0.15) is 5.75 Å². The Hall–Kier alpha value is -2.04. The van der Waals surface area contributed by atoms with Crippen molar-refractivity contribution in [3.8, 4) is 5.75 Å². The number of nitrogens with two attached hydrogens (primary N) is 1. The molecule has 118 valence electrons. The summed E-state index contributed by atoms with van der Waals surface area (Å²) < 4.78 is 5.55. The number of fused-ring (bicyclic) bond motifs is 1. The normalized spacial score (nSPS) is 24.7. The molecule has 0 unspecified atom stereocenters. The van der Waals surface area contributed by atoms with Crippen LogP contribution in [0.1, 0.15) is 30.6 Å². The van der Waals surface area contributed by atoms with E-state index >= 15 is 0 Å². The minimum atomic E-state index is -0.486. The predicted molar refractivity (Wildman–Crippen MR) is 82.4 cm³/mol. The molecule has 3 rings (SSSR count). The second-order valence-corrected chi connectivity index (χ2v) is 6.82. The molecule has 5 nitrogen and oxygen atoms in total. The number of rotatable bonds is 5. The van der Waals surface area contributed by atoms with Gasteiger partial charge in [0.25, 0.3) is 0 Å². The highest BCUT2D eigenvalue weighted by atomic mass is 16.5. The van der Waals surface area contributed by atoms with E-state index < -0.39 is 5.91 Å². The first-order chi connectivity index (χ1) is 10.4. The Labute approximate surface area is 130 Å². The van der Waals surface area contributed by atoms with E-state index in [2.05, 4.69) is 13.8 Å². The summed E-state index contributed by atoms with van der Waals surface area (Å²) >= 11 is 0. The molecule has 1 saturated carbocycles. The van der Waals surface area contributed by atoms with E-state index in [9.17, 15) is 9.59 Å². The zero-order valence-corrected chi connectivity index (χ0v) is 13.0. The van der Waals surface area contributed by atoms with Crippen LogP contribution < -0.4 is 10.5 Å². The van der Waals surface area contributed by atoms with Crippen molar-refractivity contribution in [3.05, 3.63) is 29.8 Å². The van der Waals surface area contributed by atoms with Crippen LogP contribution in [0.2, 0.25) is 0 Å². The van der Waals surface area contributed by atoms with Crippen molar-refractivity contribution in [3.63, 3.8) is 0 Å². The molecule has 2 N–H and O–H groups in total. The number of hydrogen-bond acceptors (Lipinski definition) is 3. The Morgan fingerprint density at radius 3 is 2.64 bits per heavy atom. The summed E-state index contributed by atoms with van der Waals surface area (Å²) in [7, 11) is 0. The van der Waals surface area contributed by atoms with Gasteiger partial charge < -0.3 is 15.4 Å². The monoisotopic (exact) mass is 302 g/mol. The maximum Gasteiger partial charge on any atom is 0.248 e. The summed E-state index contributed by atoms with van der Waals surface area (Å²) in [6, 6.07) is 6.71. The number of hydrogen-bond donors (Lipinski definition) is 1. The lowest BCUT2D eigenvalue weighted by Gasteiger charge is -2.22. The molecule has 1 heterocycles. The summed E-state index contributed by atoms with van der Waals surface area (Å²) in [4.78, 5) is 25.2. The molecular weight excluding hydrogens is 280 g/mol. The molecule has 1 aromatic rings. The molecule has 2 fully saturated rings. The summed E-state index contributed by atoms with van der Waals surface area (Å²) in [6.45, 7) is 6.63. The zero-order chi connectivity index (χ0) is 15.9. The maximum atomic E-state index is 12.2. The second kappa shape index (κ2) is 5.30. The molecule has 2 aliphatic rings. The first kappa shape index (κ1) is 14.9. The Morgan fingerprint density at radius 2 is 2.00 bits per heavy atom. The van der Waals surface area contributed by atoms with Crippen LogP contribution in [-0.2, 0) is 4.79 Å². The number of primary amides is 1. The van der Waals surface area contributed by atoms with E-state index in [1.807, 2.05) is 4.90 Å². The predicted octanol–water partition coefficient (Wildman–Crippen LogP) is 1.67. The van der Waals surface area contributed by atoms with Gasteiger partial charge in [-0.2, -0.15) is 0 Å². The van der Waals surface area contributed by atoms with Gasteiger partial charge in [0, 0.05) is 18.7 Å². The molecule has 2 atom stereocenters. The van der Waals surface area contributed by atoms with Crippen LogP contribution in [0.5, 0.6) is 5.75 Å². The quantitative estimate of drug-likeness (QED) is 0.899. The highest BCUT2D eigenvalue weighted by molar-refractivity contribution is 5.93. The fourth-order valence-electron chi connectivity index (χ4n) is 3.49. The van der Waals surface area contributed by atoms with Crippen molar-refractivity contribution in [2.24, 2.45) is 23.0 Å². The van der Waals surface area contributed by atoms with Gasteiger partial charge in [-0.3, -0.25) is 9.59 Å². The first-order valence-electron chi connectivity index (χ1n) is 7.70. The SMILES string of the molecule is CC1(C)[C@H]2CN(C(=O)CCOc3cccc(C(N)=O)c3)C[C@@H]21. The molecular formula is C17H22N2O3. The van der Waals surface area contributed by atoms with Crippen LogP contribution in [0.3, 0.4) is 0 Å². The van der Waals surface area contributed by atoms with Gasteiger partial charge in [0.05, 0.1) is 13.0 Å². The number of amides is 2. The van der Waals surface area contributed by atoms with Crippen LogP contribution in [0.25, 0.3) is 0 Å². The number of ether oxygens (including phenoxy) is 1. The maximum absolute atomic E-state index is 12.2. The fraction of sp³-hybridized carbons (Fsp3) is 0.529. The largest absolute Gasteiger partial charge is 0.493 e. The van der Waals surface area contributed by atoms with E-state index in [0.29, 0.717) is 41.6 Å². The van der Waals surface area contributed by atoms with E-state index in [1.54, 1.807) is 24.3 Å². The lowest BCUT2D eigenvalue weighted by atomic mass is 10.1. The molecule has 0 bridgehead atoms. The smallest absolute Gasteiger partial charge is 0.248 e. The average Bonchev–Trinajstić information content (AvgIpc) is 2.86. The summed E-state index contributed by atoms with van der Waals surface area (Å²) in [5.41, 5.74) is 6.05. The van der Waals surface area contributed by atoms with Crippen molar-refractivity contribution in [1.29, 1.82) is 0 Å². The molecule has 1 saturated heterocycles. The van der Waals surface area contributed by atoms with E-state index in [1.165, 1.54) is 0 Å². The number of carbonyl (C=O) groups excluding carboxylic acids is 2. The number of piperidine rings is 1. The summed E-state index contributed by atoms with van der Waals surface area (Å²) in [6.07, 6.45) is 0.362. The van der Waals surface area contributed by atoms with Crippen molar-refractivity contribution in [2.45, 2.75) is 20.3 Å². The Kier molecular flexibility index (Phi) is 3.59. The Morgan fingerprint density at radius 1 is 1.32 bits per heavy atom. The molecule has 0 aromatic heterocycles. The van der Waals surface area contributed by atoms with Crippen molar-refractivity contribution >= 4 is 11.8 Å². The summed E-state index contributed by atoms with van der Waals surface area (Å²) in [5.74, 6) is 1.57. The Bertz CT molecular complexity index is 598. The second-order valence-electron chi connectivity index (χ2n) is 6.82. The average molecular weight is 302 g/mol. The molecule has 1 aromatic carbocycles. The van der Waals surface area contributed by atoms with Gasteiger partial charge in [0.15, 0.2) is 0 Å². The highest BCUT2D eigenvalue weighted by Gasteiger charge is 2.62. The Balaban J connectivity index is 1.45. The van der Waals surface area contributed by atoms with Crippen LogP contribution in [0, 0.1) is 17.3 Å². The van der Waals surface area contributed by atoms with Crippen molar-refractivity contribution in [2.75, 3.05) is 19.7 Å². The fourth-order valence-corrected chi connectivity index (χ4v) is 3.49. The van der Waals surface area contributed by atoms with Gasteiger partial charge in [-0.15, -0.1) is 0 Å². The zero-order valence-electron chi connectivity index (χ0n) is 13.0. The highest BCUT2D eigenvalue weighted by Crippen LogP contribution is 2.61. The van der Waals surface area contributed by atoms with Crippen LogP contribution >= 0.6 is 0 Å². The molecule has 0 spiro atoms. The van der Waals surface area contributed by atoms with Crippen molar-refractivity contribution in [1.82, 2.24) is 4.90 Å². The van der Waals surface area contributed by atoms with Crippen molar-refractivity contribution < 1.29 is 14.3 Å². The van der Waals surface area contributed by atoms with E-state index in [-0.39, 0.29) is 5.91 Å². The lowest BCUT2D eigenvalue weighted by Crippen LogP contribution is -2.33. The number of likely N-dealkylation sites (tertiary alicyclic amines) is 1. The minimum absolute atomic E-state index is 0.147. The van der Waals surface area contributed by atoms with Gasteiger partial charge >= 0.3 is 0 Å². The van der Waals surface area contributed by atoms with Crippen LogP contribution in [0.4, 0.5) is 0 Å². The van der Waals surface area contributed by atoms with Gasteiger partial charge in [-0.05, 0) is 35.4 Å². The first-order valence-corrected chi connectivity index (χ1v) is 7.70. The molecule has 1 aliphatic carbocycles. The number of carbonyl (C=O) groups is 2. The van der Waals surface area contributed by atoms with Gasteiger partial charge in [0.2, 0.25) is 11.8 Å². The molecule has 22 heavy (non-hydrogen) atoms. The van der Waals surface area contributed by atoms with Crippen LogP contribution in [0.15, 0.2) is 24.3 Å². The topological polar surface area (TPSA) is 72.6 Å².